The average Bonchev–Trinajstić information content (AvgIpc) is 2.96. The van der Waals surface area contributed by atoms with Gasteiger partial charge in [-0.2, -0.15) is 13.2 Å². The summed E-state index contributed by atoms with van der Waals surface area (Å²) in [5.41, 5.74) is 0.430. The normalized spacial score (nSPS) is 11.8. The number of pyridine rings is 1. The van der Waals surface area contributed by atoms with Crippen LogP contribution in [-0.4, -0.2) is 20.4 Å². The zero-order chi connectivity index (χ0) is 19.9. The molecule has 3 aromatic rings. The molecule has 9 heteroatoms. The number of carbonyl (C=O) groups excluding carboxylic acids is 1. The number of aromatic hydroxyl groups is 1. The third kappa shape index (κ3) is 3.57. The van der Waals surface area contributed by atoms with Crippen LogP contribution in [0.2, 0.25) is 5.02 Å². The number of phenolic OH excluding ortho intramolecular Hbond substituents is 1. The van der Waals surface area contributed by atoms with E-state index in [4.69, 9.17) is 11.6 Å². The quantitative estimate of drug-likeness (QED) is 0.622. The van der Waals surface area contributed by atoms with Crippen LogP contribution in [0.25, 0.3) is 5.65 Å². The van der Waals surface area contributed by atoms with Crippen LogP contribution in [0, 0.1) is 6.92 Å². The molecular weight excluding hydrogens is 383 g/mol. The second-order valence-corrected chi connectivity index (χ2v) is 6.39. The van der Waals surface area contributed by atoms with Gasteiger partial charge in [-0.25, -0.2) is 4.98 Å². The molecule has 0 spiro atoms. The lowest BCUT2D eigenvalue weighted by Gasteiger charge is -2.11. The third-order valence-electron chi connectivity index (χ3n) is 4.08. The number of benzene rings is 1. The van der Waals surface area contributed by atoms with Gasteiger partial charge < -0.3 is 10.4 Å². The molecule has 0 bridgehead atoms. The minimum absolute atomic E-state index is 0.0204. The van der Waals surface area contributed by atoms with Crippen molar-refractivity contribution in [2.45, 2.75) is 26.4 Å². The molecule has 142 valence electrons. The summed E-state index contributed by atoms with van der Waals surface area (Å²) in [5.74, 6) is -0.584. The first-order valence-electron chi connectivity index (χ1n) is 8.00. The Bertz CT molecular complexity index is 1040. The molecule has 0 aliphatic carbocycles. The van der Waals surface area contributed by atoms with Crippen molar-refractivity contribution in [2.24, 2.45) is 0 Å². The van der Waals surface area contributed by atoms with Crippen LogP contribution in [0.3, 0.4) is 0 Å². The van der Waals surface area contributed by atoms with E-state index in [1.807, 2.05) is 0 Å². The molecule has 27 heavy (non-hydrogen) atoms. The Morgan fingerprint density at radius 3 is 2.63 bits per heavy atom. The van der Waals surface area contributed by atoms with Crippen molar-refractivity contribution < 1.29 is 23.1 Å². The summed E-state index contributed by atoms with van der Waals surface area (Å²) in [6, 6.07) is 5.15. The van der Waals surface area contributed by atoms with Crippen LogP contribution >= 0.6 is 11.6 Å². The molecule has 5 nitrogen and oxygen atoms in total. The molecule has 1 aromatic carbocycles. The van der Waals surface area contributed by atoms with E-state index in [2.05, 4.69) is 10.3 Å². The molecule has 2 aromatic heterocycles. The molecule has 0 atom stereocenters. The number of nitrogens with zero attached hydrogens (tertiary/aromatic N) is 2. The fourth-order valence-corrected chi connectivity index (χ4v) is 3.01. The van der Waals surface area contributed by atoms with Crippen molar-refractivity contribution in [3.8, 4) is 5.75 Å². The summed E-state index contributed by atoms with van der Waals surface area (Å²) in [6.07, 6.45) is -3.47. The van der Waals surface area contributed by atoms with Crippen LogP contribution in [-0.2, 0) is 12.6 Å². The van der Waals surface area contributed by atoms with E-state index in [-0.39, 0.29) is 22.1 Å². The molecular formula is C18H15ClF3N3O2. The molecule has 0 radical (unpaired) electrons. The largest absolute Gasteiger partial charge is 0.508 e. The monoisotopic (exact) mass is 397 g/mol. The number of anilines is 1. The van der Waals surface area contributed by atoms with Crippen molar-refractivity contribution in [3.05, 3.63) is 58.0 Å². The summed E-state index contributed by atoms with van der Waals surface area (Å²) in [7, 11) is 0. The van der Waals surface area contributed by atoms with Gasteiger partial charge in [0, 0.05) is 11.9 Å². The predicted molar refractivity (Wildman–Crippen MR) is 95.4 cm³/mol. The molecule has 0 fully saturated rings. The number of amides is 1. The van der Waals surface area contributed by atoms with Crippen LogP contribution < -0.4 is 5.32 Å². The highest BCUT2D eigenvalue weighted by molar-refractivity contribution is 6.33. The summed E-state index contributed by atoms with van der Waals surface area (Å²) < 4.78 is 40.5. The first kappa shape index (κ1) is 19.0. The molecule has 1 amide bonds. The van der Waals surface area contributed by atoms with Crippen LogP contribution in [0.4, 0.5) is 18.9 Å². The lowest BCUT2D eigenvalue weighted by Crippen LogP contribution is -2.17. The number of halogens is 4. The van der Waals surface area contributed by atoms with E-state index < -0.39 is 17.6 Å². The molecule has 0 aliphatic heterocycles. The number of aromatic nitrogens is 2. The van der Waals surface area contributed by atoms with Crippen LogP contribution in [0.5, 0.6) is 5.75 Å². The molecule has 0 saturated heterocycles. The number of aryl methyl sites for hydroxylation is 2. The average molecular weight is 398 g/mol. The molecule has 0 saturated carbocycles. The summed E-state index contributed by atoms with van der Waals surface area (Å²) in [5, 5.41) is 11.9. The van der Waals surface area contributed by atoms with Gasteiger partial charge in [0.15, 0.2) is 5.65 Å². The Hall–Kier alpha value is -2.74. The Labute approximate surface area is 157 Å². The standard InChI is InChI=1S/C18H15ClF3N3O2/c1-3-13-15(17(27)24-14-5-4-11(26)6-9(14)2)25-8-10(18(20,21)22)7-12(19)16(25)23-13/h4-8,26H,3H2,1-2H3,(H,24,27). The minimum Gasteiger partial charge on any atom is -0.508 e. The number of phenols is 1. The van der Waals surface area contributed by atoms with Crippen molar-refractivity contribution >= 4 is 28.8 Å². The van der Waals surface area contributed by atoms with Gasteiger partial charge in [0.1, 0.15) is 11.4 Å². The number of alkyl halides is 3. The van der Waals surface area contributed by atoms with Gasteiger partial charge in [-0.1, -0.05) is 18.5 Å². The zero-order valence-electron chi connectivity index (χ0n) is 14.4. The Kier molecular flexibility index (Phi) is 4.77. The Balaban J connectivity index is 2.14. The molecule has 3 rings (SSSR count). The maximum atomic E-state index is 13.1. The highest BCUT2D eigenvalue weighted by Gasteiger charge is 2.33. The topological polar surface area (TPSA) is 66.6 Å². The number of carbonyl (C=O) groups is 1. The minimum atomic E-state index is -4.62. The van der Waals surface area contributed by atoms with E-state index in [9.17, 15) is 23.1 Å². The van der Waals surface area contributed by atoms with Gasteiger partial charge in [-0.05, 0) is 43.2 Å². The summed E-state index contributed by atoms with van der Waals surface area (Å²) in [4.78, 5) is 17.0. The van der Waals surface area contributed by atoms with Gasteiger partial charge in [0.25, 0.3) is 5.91 Å². The third-order valence-corrected chi connectivity index (χ3v) is 4.36. The fraction of sp³-hybridized carbons (Fsp3) is 0.222. The Morgan fingerprint density at radius 1 is 1.33 bits per heavy atom. The fourth-order valence-electron chi connectivity index (χ4n) is 2.76. The summed E-state index contributed by atoms with van der Waals surface area (Å²) >= 11 is 5.98. The van der Waals surface area contributed by atoms with Crippen LogP contribution in [0.15, 0.2) is 30.5 Å². The number of nitrogens with one attached hydrogen (secondary N) is 1. The second kappa shape index (κ2) is 6.77. The first-order valence-corrected chi connectivity index (χ1v) is 8.38. The van der Waals surface area contributed by atoms with Gasteiger partial charge in [0.05, 0.1) is 16.3 Å². The highest BCUT2D eigenvalue weighted by Crippen LogP contribution is 2.33. The Morgan fingerprint density at radius 2 is 2.04 bits per heavy atom. The molecule has 2 heterocycles. The van der Waals surface area contributed by atoms with Gasteiger partial charge in [-0.3, -0.25) is 9.20 Å². The number of rotatable bonds is 3. The highest BCUT2D eigenvalue weighted by atomic mass is 35.5. The predicted octanol–water partition coefficient (Wildman–Crippen LogP) is 4.84. The van der Waals surface area contributed by atoms with E-state index in [0.717, 1.165) is 16.7 Å². The number of hydrogen-bond donors (Lipinski definition) is 2. The van der Waals surface area contributed by atoms with Gasteiger partial charge >= 0.3 is 6.18 Å². The maximum Gasteiger partial charge on any atom is 0.417 e. The maximum absolute atomic E-state index is 13.1. The van der Waals surface area contributed by atoms with E-state index in [0.29, 0.717) is 23.4 Å². The second-order valence-electron chi connectivity index (χ2n) is 5.98. The van der Waals surface area contributed by atoms with Crippen molar-refractivity contribution in [2.75, 3.05) is 5.32 Å². The number of fused-ring (bicyclic) bond motifs is 1. The molecule has 0 unspecified atom stereocenters. The van der Waals surface area contributed by atoms with E-state index in [1.54, 1.807) is 13.8 Å². The van der Waals surface area contributed by atoms with Crippen LogP contribution in [0.1, 0.15) is 34.2 Å². The van der Waals surface area contributed by atoms with E-state index >= 15 is 0 Å². The van der Waals surface area contributed by atoms with Crippen molar-refractivity contribution in [1.29, 1.82) is 0 Å². The van der Waals surface area contributed by atoms with Crippen molar-refractivity contribution in [3.63, 3.8) is 0 Å². The molecule has 2 N–H and O–H groups in total. The first-order chi connectivity index (χ1) is 12.6. The zero-order valence-corrected chi connectivity index (χ0v) is 15.1. The van der Waals surface area contributed by atoms with Gasteiger partial charge in [0.2, 0.25) is 0 Å². The lowest BCUT2D eigenvalue weighted by atomic mass is 10.1. The van der Waals surface area contributed by atoms with Gasteiger partial charge in [-0.15, -0.1) is 0 Å². The van der Waals surface area contributed by atoms with E-state index in [1.165, 1.54) is 18.2 Å². The number of imidazole rings is 1. The SMILES string of the molecule is CCc1nc2c(Cl)cc(C(F)(F)F)cn2c1C(=O)Nc1ccc(O)cc1C. The smallest absolute Gasteiger partial charge is 0.417 e. The number of hydrogen-bond acceptors (Lipinski definition) is 3. The lowest BCUT2D eigenvalue weighted by molar-refractivity contribution is -0.137. The molecule has 0 aliphatic rings. The van der Waals surface area contributed by atoms with Crippen molar-refractivity contribution in [1.82, 2.24) is 9.38 Å². The summed E-state index contributed by atoms with van der Waals surface area (Å²) in [6.45, 7) is 3.42.